The molecule has 16 heavy (non-hydrogen) atoms. The van der Waals surface area contributed by atoms with E-state index in [-0.39, 0.29) is 5.54 Å². The van der Waals surface area contributed by atoms with Gasteiger partial charge in [0.1, 0.15) is 0 Å². The summed E-state index contributed by atoms with van der Waals surface area (Å²) in [7, 11) is 0. The average molecular weight is 255 g/mol. The predicted octanol–water partition coefficient (Wildman–Crippen LogP) is 4.55. The van der Waals surface area contributed by atoms with Crippen LogP contribution in [0.15, 0.2) is 18.2 Å². The van der Waals surface area contributed by atoms with E-state index in [4.69, 9.17) is 11.6 Å². The van der Waals surface area contributed by atoms with Crippen LogP contribution in [0.5, 0.6) is 0 Å². The lowest BCUT2D eigenvalue weighted by atomic mass is 10.0. The summed E-state index contributed by atoms with van der Waals surface area (Å²) in [6, 6.07) is 5.81. The summed E-state index contributed by atoms with van der Waals surface area (Å²) in [5.41, 5.74) is 1.05. The van der Waals surface area contributed by atoms with E-state index in [1.165, 1.54) is 4.70 Å². The molecule has 1 aromatic carbocycles. The molecule has 4 heteroatoms. The quantitative estimate of drug-likeness (QED) is 0.869. The zero-order valence-corrected chi connectivity index (χ0v) is 11.2. The van der Waals surface area contributed by atoms with E-state index < -0.39 is 0 Å². The summed E-state index contributed by atoms with van der Waals surface area (Å²) in [5, 5.41) is 5.14. The maximum Gasteiger partial charge on any atom is 0.184 e. The first-order valence-corrected chi connectivity index (χ1v) is 6.54. The van der Waals surface area contributed by atoms with Crippen molar-refractivity contribution in [1.82, 2.24) is 4.98 Å². The molecule has 0 fully saturated rings. The molecule has 0 saturated heterocycles. The van der Waals surface area contributed by atoms with Crippen molar-refractivity contribution in [3.05, 3.63) is 23.2 Å². The molecule has 2 nitrogen and oxygen atoms in total. The van der Waals surface area contributed by atoms with Gasteiger partial charge in [0.25, 0.3) is 0 Å². The first-order valence-electron chi connectivity index (χ1n) is 5.34. The Bertz CT molecular complexity index is 505. The molecule has 0 amide bonds. The number of nitrogens with zero attached hydrogens (tertiary/aromatic N) is 1. The van der Waals surface area contributed by atoms with Gasteiger partial charge < -0.3 is 5.32 Å². The van der Waals surface area contributed by atoms with Crippen LogP contribution in [0.2, 0.25) is 5.02 Å². The molecule has 0 spiro atoms. The number of nitrogens with one attached hydrogen (secondary N) is 1. The number of aromatic nitrogens is 1. The van der Waals surface area contributed by atoms with Gasteiger partial charge in [0, 0.05) is 10.6 Å². The van der Waals surface area contributed by atoms with Crippen molar-refractivity contribution in [3.8, 4) is 0 Å². The Morgan fingerprint density at radius 2 is 2.19 bits per heavy atom. The minimum Gasteiger partial charge on any atom is -0.357 e. The number of halogens is 1. The number of hydrogen-bond donors (Lipinski definition) is 1. The van der Waals surface area contributed by atoms with Crippen LogP contribution in [0.25, 0.3) is 10.2 Å². The number of hydrogen-bond acceptors (Lipinski definition) is 3. The zero-order valence-electron chi connectivity index (χ0n) is 9.67. The van der Waals surface area contributed by atoms with Crippen LogP contribution in [-0.2, 0) is 0 Å². The van der Waals surface area contributed by atoms with Crippen LogP contribution in [-0.4, -0.2) is 10.5 Å². The third kappa shape index (κ3) is 2.47. The van der Waals surface area contributed by atoms with Crippen molar-refractivity contribution in [2.45, 2.75) is 32.7 Å². The van der Waals surface area contributed by atoms with E-state index in [0.29, 0.717) is 0 Å². The Labute approximate surface area is 105 Å². The van der Waals surface area contributed by atoms with Crippen LogP contribution in [0.1, 0.15) is 27.2 Å². The molecule has 0 atom stereocenters. The Morgan fingerprint density at radius 3 is 2.88 bits per heavy atom. The summed E-state index contributed by atoms with van der Waals surface area (Å²) in [6.07, 6.45) is 1.06. The van der Waals surface area contributed by atoms with Gasteiger partial charge in [-0.3, -0.25) is 0 Å². The van der Waals surface area contributed by atoms with Crippen molar-refractivity contribution >= 4 is 38.3 Å². The Hall–Kier alpha value is -0.800. The first-order chi connectivity index (χ1) is 7.50. The van der Waals surface area contributed by atoms with E-state index >= 15 is 0 Å². The van der Waals surface area contributed by atoms with Crippen molar-refractivity contribution in [1.29, 1.82) is 0 Å². The maximum absolute atomic E-state index is 5.93. The molecule has 0 aliphatic carbocycles. The molecule has 1 N–H and O–H groups in total. The van der Waals surface area contributed by atoms with Crippen LogP contribution in [0.3, 0.4) is 0 Å². The van der Waals surface area contributed by atoms with Gasteiger partial charge >= 0.3 is 0 Å². The minimum atomic E-state index is 0.0810. The van der Waals surface area contributed by atoms with Crippen LogP contribution >= 0.6 is 22.9 Å². The molecular formula is C12H15ClN2S. The highest BCUT2D eigenvalue weighted by molar-refractivity contribution is 7.22. The standard InChI is InChI=1S/C12H15ClN2S/c1-4-12(2,3)15-11-14-9-7-8(13)5-6-10(9)16-11/h5-7H,4H2,1-3H3,(H,14,15). The van der Waals surface area contributed by atoms with Crippen molar-refractivity contribution in [2.24, 2.45) is 0 Å². The third-order valence-corrected chi connectivity index (χ3v) is 3.87. The molecular weight excluding hydrogens is 240 g/mol. The highest BCUT2D eigenvalue weighted by Crippen LogP contribution is 2.30. The van der Waals surface area contributed by atoms with Gasteiger partial charge in [0.05, 0.1) is 10.2 Å². The van der Waals surface area contributed by atoms with Gasteiger partial charge in [-0.15, -0.1) is 0 Å². The molecule has 86 valence electrons. The molecule has 0 bridgehead atoms. The van der Waals surface area contributed by atoms with Gasteiger partial charge in [-0.2, -0.15) is 0 Å². The topological polar surface area (TPSA) is 24.9 Å². The van der Waals surface area contributed by atoms with Gasteiger partial charge in [-0.1, -0.05) is 29.9 Å². The molecule has 1 aromatic heterocycles. The number of anilines is 1. The van der Waals surface area contributed by atoms with Gasteiger partial charge in [-0.25, -0.2) is 4.98 Å². The average Bonchev–Trinajstić information content (AvgIpc) is 2.58. The molecule has 0 saturated carbocycles. The largest absolute Gasteiger partial charge is 0.357 e. The highest BCUT2D eigenvalue weighted by atomic mass is 35.5. The molecule has 0 unspecified atom stereocenters. The van der Waals surface area contributed by atoms with Gasteiger partial charge in [0.15, 0.2) is 5.13 Å². The summed E-state index contributed by atoms with van der Waals surface area (Å²) in [5.74, 6) is 0. The summed E-state index contributed by atoms with van der Waals surface area (Å²) in [4.78, 5) is 4.53. The number of thiazole rings is 1. The molecule has 0 aliphatic heterocycles. The SMILES string of the molecule is CCC(C)(C)Nc1nc2cc(Cl)ccc2s1. The number of benzene rings is 1. The Balaban J connectivity index is 2.33. The van der Waals surface area contributed by atoms with E-state index in [9.17, 15) is 0 Å². The Kier molecular flexibility index (Phi) is 3.08. The molecule has 0 aliphatic rings. The van der Waals surface area contributed by atoms with Crippen molar-refractivity contribution in [2.75, 3.05) is 5.32 Å². The molecule has 2 aromatic rings. The van der Waals surface area contributed by atoms with Gasteiger partial charge in [-0.05, 0) is 38.5 Å². The number of fused-ring (bicyclic) bond motifs is 1. The highest BCUT2D eigenvalue weighted by Gasteiger charge is 2.16. The third-order valence-electron chi connectivity index (χ3n) is 2.68. The van der Waals surface area contributed by atoms with Crippen LogP contribution < -0.4 is 5.32 Å². The minimum absolute atomic E-state index is 0.0810. The first kappa shape index (κ1) is 11.7. The van der Waals surface area contributed by atoms with E-state index in [2.05, 4.69) is 31.1 Å². The zero-order chi connectivity index (χ0) is 11.8. The smallest absolute Gasteiger partial charge is 0.184 e. The normalized spacial score (nSPS) is 12.0. The van der Waals surface area contributed by atoms with Crippen LogP contribution in [0.4, 0.5) is 5.13 Å². The van der Waals surface area contributed by atoms with Gasteiger partial charge in [0.2, 0.25) is 0 Å². The molecule has 2 rings (SSSR count). The van der Waals surface area contributed by atoms with Crippen molar-refractivity contribution in [3.63, 3.8) is 0 Å². The number of rotatable bonds is 3. The second kappa shape index (κ2) is 4.22. The van der Waals surface area contributed by atoms with Crippen LogP contribution in [0, 0.1) is 0 Å². The van der Waals surface area contributed by atoms with E-state index in [1.54, 1.807) is 11.3 Å². The lowest BCUT2D eigenvalue weighted by molar-refractivity contribution is 0.547. The second-order valence-corrected chi connectivity index (χ2v) is 5.96. The lowest BCUT2D eigenvalue weighted by Crippen LogP contribution is -2.29. The lowest BCUT2D eigenvalue weighted by Gasteiger charge is -2.23. The Morgan fingerprint density at radius 1 is 1.44 bits per heavy atom. The monoisotopic (exact) mass is 254 g/mol. The summed E-state index contributed by atoms with van der Waals surface area (Å²) in [6.45, 7) is 6.51. The van der Waals surface area contributed by atoms with E-state index in [1.807, 2.05) is 18.2 Å². The van der Waals surface area contributed by atoms with Crippen molar-refractivity contribution < 1.29 is 0 Å². The molecule has 1 heterocycles. The molecule has 0 radical (unpaired) electrons. The maximum atomic E-state index is 5.93. The fourth-order valence-electron chi connectivity index (χ4n) is 1.33. The predicted molar refractivity (Wildman–Crippen MR) is 72.6 cm³/mol. The summed E-state index contributed by atoms with van der Waals surface area (Å²) >= 11 is 7.60. The fourth-order valence-corrected chi connectivity index (χ4v) is 2.52. The van der Waals surface area contributed by atoms with E-state index in [0.717, 1.165) is 22.1 Å². The fraction of sp³-hybridized carbons (Fsp3) is 0.417. The summed E-state index contributed by atoms with van der Waals surface area (Å²) < 4.78 is 1.17. The second-order valence-electron chi connectivity index (χ2n) is 4.49.